The number of rotatable bonds is 5. The number of aryl methyl sites for hydroxylation is 1. The van der Waals surface area contributed by atoms with E-state index in [9.17, 15) is 5.11 Å². The topological polar surface area (TPSA) is 32.7 Å². The molecule has 2 aromatic rings. The molecule has 0 radical (unpaired) electrons. The Morgan fingerprint density at radius 2 is 1.85 bits per heavy atom. The molecule has 106 valence electrons. The van der Waals surface area contributed by atoms with Crippen molar-refractivity contribution in [2.75, 3.05) is 18.6 Å². The maximum Gasteiger partial charge on any atom is 0.162 e. The standard InChI is InChI=1S/C17H21NO2/c1-4-20-16-11-7-9-14(17(16)19)12-18(3)15-10-6-5-8-13(15)2/h5-11,19H,4,12H2,1-3H3. The van der Waals surface area contributed by atoms with Crippen molar-refractivity contribution in [1.29, 1.82) is 0 Å². The quantitative estimate of drug-likeness (QED) is 0.899. The van der Waals surface area contributed by atoms with E-state index in [-0.39, 0.29) is 5.75 Å². The summed E-state index contributed by atoms with van der Waals surface area (Å²) >= 11 is 0. The molecule has 0 atom stereocenters. The molecule has 0 bridgehead atoms. The zero-order valence-electron chi connectivity index (χ0n) is 12.3. The number of para-hydroxylation sites is 2. The minimum Gasteiger partial charge on any atom is -0.504 e. The molecule has 0 amide bonds. The van der Waals surface area contributed by atoms with Crippen LogP contribution in [0.4, 0.5) is 5.69 Å². The zero-order valence-corrected chi connectivity index (χ0v) is 12.3. The van der Waals surface area contributed by atoms with Gasteiger partial charge < -0.3 is 14.7 Å². The summed E-state index contributed by atoms with van der Waals surface area (Å²) in [5.41, 5.74) is 3.24. The van der Waals surface area contributed by atoms with E-state index in [0.717, 1.165) is 11.3 Å². The summed E-state index contributed by atoms with van der Waals surface area (Å²) in [5, 5.41) is 10.2. The molecule has 0 aliphatic heterocycles. The highest BCUT2D eigenvalue weighted by Crippen LogP contribution is 2.31. The third-order valence-electron chi connectivity index (χ3n) is 3.32. The number of hydrogen-bond acceptors (Lipinski definition) is 3. The molecular formula is C17H21NO2. The van der Waals surface area contributed by atoms with Crippen molar-refractivity contribution in [1.82, 2.24) is 0 Å². The van der Waals surface area contributed by atoms with Crippen molar-refractivity contribution in [3.63, 3.8) is 0 Å². The van der Waals surface area contributed by atoms with E-state index in [4.69, 9.17) is 4.74 Å². The Hall–Kier alpha value is -2.16. The molecule has 0 aliphatic carbocycles. The van der Waals surface area contributed by atoms with Gasteiger partial charge in [0.1, 0.15) is 0 Å². The van der Waals surface area contributed by atoms with Gasteiger partial charge in [0, 0.05) is 24.8 Å². The molecule has 1 N–H and O–H groups in total. The molecular weight excluding hydrogens is 250 g/mol. The summed E-state index contributed by atoms with van der Waals surface area (Å²) < 4.78 is 5.42. The fourth-order valence-corrected chi connectivity index (χ4v) is 2.30. The molecule has 2 aromatic carbocycles. The predicted molar refractivity (Wildman–Crippen MR) is 82.6 cm³/mol. The Bertz CT molecular complexity index is 581. The third-order valence-corrected chi connectivity index (χ3v) is 3.32. The summed E-state index contributed by atoms with van der Waals surface area (Å²) in [6.45, 7) is 5.18. The number of nitrogens with zero attached hydrogens (tertiary/aromatic N) is 1. The molecule has 0 saturated carbocycles. The van der Waals surface area contributed by atoms with Gasteiger partial charge in [0.15, 0.2) is 11.5 Å². The molecule has 0 saturated heterocycles. The van der Waals surface area contributed by atoms with Crippen LogP contribution in [0.2, 0.25) is 0 Å². The van der Waals surface area contributed by atoms with Gasteiger partial charge in [0.2, 0.25) is 0 Å². The van der Waals surface area contributed by atoms with E-state index >= 15 is 0 Å². The van der Waals surface area contributed by atoms with Gasteiger partial charge in [-0.3, -0.25) is 0 Å². The lowest BCUT2D eigenvalue weighted by molar-refractivity contribution is 0.316. The van der Waals surface area contributed by atoms with Gasteiger partial charge >= 0.3 is 0 Å². The van der Waals surface area contributed by atoms with Crippen molar-refractivity contribution in [3.8, 4) is 11.5 Å². The van der Waals surface area contributed by atoms with E-state index < -0.39 is 0 Å². The SMILES string of the molecule is CCOc1cccc(CN(C)c2ccccc2C)c1O. The number of phenolic OH excluding ortho intramolecular Hbond substituents is 1. The fraction of sp³-hybridized carbons (Fsp3) is 0.294. The molecule has 0 fully saturated rings. The normalized spacial score (nSPS) is 10.3. The van der Waals surface area contributed by atoms with E-state index in [0.29, 0.717) is 18.9 Å². The van der Waals surface area contributed by atoms with Crippen LogP contribution in [0.25, 0.3) is 0 Å². The van der Waals surface area contributed by atoms with Crippen molar-refractivity contribution < 1.29 is 9.84 Å². The second kappa shape index (κ2) is 6.33. The van der Waals surface area contributed by atoms with Crippen molar-refractivity contribution in [2.24, 2.45) is 0 Å². The monoisotopic (exact) mass is 271 g/mol. The Balaban J connectivity index is 2.22. The first-order valence-electron chi connectivity index (χ1n) is 6.84. The highest BCUT2D eigenvalue weighted by molar-refractivity contribution is 5.54. The highest BCUT2D eigenvalue weighted by atomic mass is 16.5. The van der Waals surface area contributed by atoms with Gasteiger partial charge in [0.05, 0.1) is 6.61 Å². The van der Waals surface area contributed by atoms with Crippen molar-refractivity contribution >= 4 is 5.69 Å². The summed E-state index contributed by atoms with van der Waals surface area (Å²) in [6, 6.07) is 13.8. The van der Waals surface area contributed by atoms with Gasteiger partial charge in [-0.2, -0.15) is 0 Å². The molecule has 0 spiro atoms. The van der Waals surface area contributed by atoms with Crippen LogP contribution in [0.5, 0.6) is 11.5 Å². The van der Waals surface area contributed by atoms with Crippen molar-refractivity contribution in [2.45, 2.75) is 20.4 Å². The predicted octanol–water partition coefficient (Wildman–Crippen LogP) is 3.74. The molecule has 0 aromatic heterocycles. The molecule has 0 unspecified atom stereocenters. The van der Waals surface area contributed by atoms with E-state index in [1.54, 1.807) is 6.07 Å². The van der Waals surface area contributed by atoms with Crippen LogP contribution >= 0.6 is 0 Å². The number of ether oxygens (including phenoxy) is 1. The lowest BCUT2D eigenvalue weighted by Crippen LogP contribution is -2.17. The van der Waals surface area contributed by atoms with Gasteiger partial charge in [-0.15, -0.1) is 0 Å². The van der Waals surface area contributed by atoms with Crippen LogP contribution < -0.4 is 9.64 Å². The Kier molecular flexibility index (Phi) is 4.51. The maximum atomic E-state index is 10.2. The lowest BCUT2D eigenvalue weighted by Gasteiger charge is -2.22. The zero-order chi connectivity index (χ0) is 14.5. The summed E-state index contributed by atoms with van der Waals surface area (Å²) in [4.78, 5) is 2.13. The molecule has 20 heavy (non-hydrogen) atoms. The summed E-state index contributed by atoms with van der Waals surface area (Å²) in [5.74, 6) is 0.776. The third kappa shape index (κ3) is 3.05. The average molecular weight is 271 g/mol. The molecule has 0 aliphatic rings. The molecule has 2 rings (SSSR count). The van der Waals surface area contributed by atoms with E-state index in [2.05, 4.69) is 24.0 Å². The number of hydrogen-bond donors (Lipinski definition) is 1. The average Bonchev–Trinajstić information content (AvgIpc) is 2.44. The summed E-state index contributed by atoms with van der Waals surface area (Å²) in [6.07, 6.45) is 0. The Labute approximate surface area is 120 Å². The maximum absolute atomic E-state index is 10.2. The minimum atomic E-state index is 0.231. The lowest BCUT2D eigenvalue weighted by atomic mass is 10.1. The molecule has 0 heterocycles. The fourth-order valence-electron chi connectivity index (χ4n) is 2.30. The van der Waals surface area contributed by atoms with E-state index in [1.807, 2.05) is 38.2 Å². The number of benzene rings is 2. The minimum absolute atomic E-state index is 0.231. The number of aromatic hydroxyl groups is 1. The first-order chi connectivity index (χ1) is 9.63. The second-order valence-corrected chi connectivity index (χ2v) is 4.84. The van der Waals surface area contributed by atoms with E-state index in [1.165, 1.54) is 5.56 Å². The second-order valence-electron chi connectivity index (χ2n) is 4.84. The van der Waals surface area contributed by atoms with Gasteiger partial charge in [-0.25, -0.2) is 0 Å². The Morgan fingerprint density at radius 1 is 1.10 bits per heavy atom. The largest absolute Gasteiger partial charge is 0.504 e. The van der Waals surface area contributed by atoms with Crippen LogP contribution in [-0.2, 0) is 6.54 Å². The Morgan fingerprint density at radius 3 is 2.55 bits per heavy atom. The van der Waals surface area contributed by atoms with Gasteiger partial charge in [0.25, 0.3) is 0 Å². The van der Waals surface area contributed by atoms with Crippen molar-refractivity contribution in [3.05, 3.63) is 53.6 Å². The van der Waals surface area contributed by atoms with Crippen LogP contribution in [0, 0.1) is 6.92 Å². The number of phenols is 1. The van der Waals surface area contributed by atoms with Crippen LogP contribution in [0.15, 0.2) is 42.5 Å². The molecule has 3 nitrogen and oxygen atoms in total. The highest BCUT2D eigenvalue weighted by Gasteiger charge is 2.11. The first-order valence-corrected chi connectivity index (χ1v) is 6.84. The smallest absolute Gasteiger partial charge is 0.162 e. The van der Waals surface area contributed by atoms with Crippen LogP contribution in [-0.4, -0.2) is 18.8 Å². The summed E-state index contributed by atoms with van der Waals surface area (Å²) in [7, 11) is 2.02. The number of anilines is 1. The molecule has 3 heteroatoms. The van der Waals surface area contributed by atoms with Gasteiger partial charge in [-0.1, -0.05) is 30.3 Å². The van der Waals surface area contributed by atoms with Gasteiger partial charge in [-0.05, 0) is 31.5 Å². The van der Waals surface area contributed by atoms with Crippen LogP contribution in [0.3, 0.4) is 0 Å². The van der Waals surface area contributed by atoms with Crippen LogP contribution in [0.1, 0.15) is 18.1 Å². The first kappa shape index (κ1) is 14.3.